The molecule has 0 radical (unpaired) electrons. The molecule has 0 heterocycles. The average molecular weight is 877 g/mol. The molecule has 0 aromatic heterocycles. The molecule has 0 spiro atoms. The molecule has 0 rings (SSSR count). The molecule has 0 amide bonds. The quantitative estimate of drug-likeness (QED) is 0.0474. The maximum atomic E-state index is 8.97. The van der Waals surface area contributed by atoms with Crippen molar-refractivity contribution in [3.8, 4) is 0 Å². The third kappa shape index (κ3) is 137. The van der Waals surface area contributed by atoms with Crippen molar-refractivity contribution in [2.45, 2.75) is 0 Å². The molecule has 31 nitrogen and oxygen atoms in total. The SMILES string of the molecule is O=S(=O)([O-])OO.O=S(=O)([O-])OO.O=S(=O)([O-])OO.O=S(=O)([O-])OO.O=S(=O)([O-])OO.O=S(=O)([O-])OO.[Hf+4].[OH4+2]. The summed E-state index contributed by atoms with van der Waals surface area (Å²) in [5.74, 6) is 0. The molecule has 0 fully saturated rings. The Labute approximate surface area is 228 Å². The first-order valence-corrected chi connectivity index (χ1v) is 13.1. The van der Waals surface area contributed by atoms with E-state index < -0.39 is 62.4 Å². The van der Waals surface area contributed by atoms with Gasteiger partial charge in [0.15, 0.2) is 0 Å². The van der Waals surface area contributed by atoms with Crippen LogP contribution in [0.5, 0.6) is 0 Å². The monoisotopic (exact) mass is 878 g/mol. The van der Waals surface area contributed by atoms with Crippen LogP contribution in [0, 0.1) is 0 Å². The summed E-state index contributed by atoms with van der Waals surface area (Å²) >= 11 is 0. The molecule has 0 aliphatic rings. The first-order chi connectivity index (χ1) is 15.4. The maximum absolute atomic E-state index is 8.97. The molecule has 38 heteroatoms. The third-order valence-electron chi connectivity index (χ3n) is 0.548. The summed E-state index contributed by atoms with van der Waals surface area (Å²) < 4.78 is 176. The van der Waals surface area contributed by atoms with Crippen LogP contribution in [0.1, 0.15) is 0 Å². The van der Waals surface area contributed by atoms with E-state index in [-0.39, 0.29) is 31.3 Å². The zero-order valence-corrected chi connectivity index (χ0v) is 24.6. The maximum Gasteiger partial charge on any atom is 4.00 e. The number of hydrogen-bond acceptors (Lipinski definition) is 30. The molecule has 236 valence electrons. The summed E-state index contributed by atoms with van der Waals surface area (Å²) in [7, 11) is -29.1. The first-order valence-electron chi connectivity index (χ1n) is 5.10. The van der Waals surface area contributed by atoms with E-state index in [1.165, 1.54) is 0 Å². The van der Waals surface area contributed by atoms with E-state index in [1.54, 1.807) is 0 Å². The van der Waals surface area contributed by atoms with Crippen LogP contribution in [0.3, 0.4) is 0 Å². The normalized spacial score (nSPS) is 11.1. The Hall–Kier alpha value is -0.190. The Morgan fingerprint density at radius 1 is 0.316 bits per heavy atom. The van der Waals surface area contributed by atoms with Crippen molar-refractivity contribution in [1.82, 2.24) is 0 Å². The molecule has 38 heavy (non-hydrogen) atoms. The zero-order chi connectivity index (χ0) is 31.2. The topological polar surface area (TPSA) is 554 Å². The molecule has 0 saturated heterocycles. The van der Waals surface area contributed by atoms with Gasteiger partial charge in [0.2, 0.25) is 62.4 Å². The fraction of sp³-hybridized carbons (Fsp3) is 0. The van der Waals surface area contributed by atoms with Gasteiger partial charge in [0.25, 0.3) is 0 Å². The van der Waals surface area contributed by atoms with E-state index in [0.29, 0.717) is 0 Å². The minimum absolute atomic E-state index is 0. The fourth-order valence-electron chi connectivity index (χ4n) is 0. The summed E-state index contributed by atoms with van der Waals surface area (Å²) in [4.78, 5) is 0. The standard InChI is InChI=1S/Hf.6H2O5S.H4O/c;6*1-5-6(2,3)4;/h;6*1H,(H,2,3,4);1H4/q+4;;;;;;;+2/p-6. The Morgan fingerprint density at radius 2 is 0.342 bits per heavy atom. The van der Waals surface area contributed by atoms with Crippen LogP contribution in [0.25, 0.3) is 0 Å². The number of hydrogen-bond donors (Lipinski definition) is 6. The summed E-state index contributed by atoms with van der Waals surface area (Å²) in [6.45, 7) is 0. The van der Waals surface area contributed by atoms with Crippen molar-refractivity contribution in [2.24, 2.45) is 0 Å². The van der Waals surface area contributed by atoms with Gasteiger partial charge in [0.05, 0.1) is 0 Å². The Bertz CT molecular complexity index is 890. The summed E-state index contributed by atoms with van der Waals surface area (Å²) in [5, 5.41) is 42.0. The van der Waals surface area contributed by atoms with Gasteiger partial charge in [-0.25, -0.2) is 82.1 Å². The molecule has 0 saturated carbocycles. The fourth-order valence-corrected chi connectivity index (χ4v) is 0. The van der Waals surface area contributed by atoms with E-state index >= 15 is 0 Å². The second kappa shape index (κ2) is 27.0. The summed E-state index contributed by atoms with van der Waals surface area (Å²) in [6.07, 6.45) is 0. The van der Waals surface area contributed by atoms with Crippen LogP contribution in [-0.4, -0.2) is 109 Å². The van der Waals surface area contributed by atoms with Crippen molar-refractivity contribution < 1.29 is 167 Å². The summed E-state index contributed by atoms with van der Waals surface area (Å²) in [6, 6.07) is 0. The average Bonchev–Trinajstić information content (AvgIpc) is 2.67. The van der Waals surface area contributed by atoms with Gasteiger partial charge in [-0.05, 0) is 0 Å². The molecule has 0 atom stereocenters. The van der Waals surface area contributed by atoms with Gasteiger partial charge < -0.3 is 32.8 Å². The minimum Gasteiger partial charge on any atom is -0.873 e. The molecule has 0 aromatic rings. The van der Waals surface area contributed by atoms with E-state index in [0.717, 1.165) is 0 Å². The summed E-state index contributed by atoms with van der Waals surface area (Å²) in [5.41, 5.74) is 0. The Morgan fingerprint density at radius 3 is 0.342 bits per heavy atom. The molecule has 0 unspecified atom stereocenters. The van der Waals surface area contributed by atoms with Gasteiger partial charge in [-0.2, -0.15) is 0 Å². The van der Waals surface area contributed by atoms with Crippen LogP contribution in [0.15, 0.2) is 0 Å². The molecule has 0 aromatic carbocycles. The molecular weight excluding hydrogens is 867 g/mol. The predicted octanol–water partition coefficient (Wildman–Crippen LogP) is -7.57. The van der Waals surface area contributed by atoms with Crippen molar-refractivity contribution >= 4 is 62.4 Å². The van der Waals surface area contributed by atoms with E-state index in [2.05, 4.69) is 26.0 Å². The first kappa shape index (κ1) is 57.7. The molecule has 0 aliphatic heterocycles. The van der Waals surface area contributed by atoms with Crippen LogP contribution < -0.4 is 0 Å². The van der Waals surface area contributed by atoms with E-state index in [9.17, 15) is 0 Å². The van der Waals surface area contributed by atoms with Crippen molar-refractivity contribution in [1.29, 1.82) is 0 Å². The van der Waals surface area contributed by atoms with Crippen LogP contribution in [-0.2, 0) is 120 Å². The van der Waals surface area contributed by atoms with Crippen LogP contribution >= 0.6 is 0 Å². The Kier molecular flexibility index (Phi) is 41.0. The van der Waals surface area contributed by atoms with E-state index in [1.807, 2.05) is 0 Å². The predicted molar refractivity (Wildman–Crippen MR) is 86.7 cm³/mol. The smallest absolute Gasteiger partial charge is 0.873 e. The largest absolute Gasteiger partial charge is 4.00 e. The van der Waals surface area contributed by atoms with Crippen molar-refractivity contribution in [2.75, 3.05) is 0 Å². The second-order valence-electron chi connectivity index (χ2n) is 2.90. The van der Waals surface area contributed by atoms with Crippen molar-refractivity contribution in [3.05, 3.63) is 0 Å². The minimum atomic E-state index is -4.86. The number of rotatable bonds is 6. The van der Waals surface area contributed by atoms with Crippen LogP contribution in [0.4, 0.5) is 0 Å². The van der Waals surface area contributed by atoms with E-state index in [4.69, 9.17) is 109 Å². The van der Waals surface area contributed by atoms with Gasteiger partial charge >= 0.3 is 25.8 Å². The van der Waals surface area contributed by atoms with Crippen molar-refractivity contribution in [3.63, 3.8) is 0 Å². The molecule has 0 bridgehead atoms. The zero-order valence-electron chi connectivity index (χ0n) is 16.1. The van der Waals surface area contributed by atoms with Gasteiger partial charge in [0, 0.05) is 0 Å². The van der Waals surface area contributed by atoms with Gasteiger partial charge in [-0.15, -0.1) is 26.0 Å². The third-order valence-corrected chi connectivity index (χ3v) is 1.64. The van der Waals surface area contributed by atoms with Gasteiger partial charge in [-0.1, -0.05) is 0 Å². The molecular formula is H10HfO31S6. The second-order valence-corrected chi connectivity index (χ2v) is 8.69. The van der Waals surface area contributed by atoms with Gasteiger partial charge in [0.1, 0.15) is 0 Å². The van der Waals surface area contributed by atoms with Gasteiger partial charge in [-0.3, -0.25) is 0 Å². The van der Waals surface area contributed by atoms with Crippen LogP contribution in [0.2, 0.25) is 0 Å². The Balaban J connectivity index is -0.0000000469. The molecule has 10 N–H and O–H groups in total. The molecule has 0 aliphatic carbocycles.